The molecule has 3 atom stereocenters. The highest BCUT2D eigenvalue weighted by Gasteiger charge is 2.23. The highest BCUT2D eigenvalue weighted by Crippen LogP contribution is 2.38. The lowest BCUT2D eigenvalue weighted by molar-refractivity contribution is -0.870. The summed E-state index contributed by atoms with van der Waals surface area (Å²) in [5.74, 6) is -0.234. The van der Waals surface area contributed by atoms with Crippen LogP contribution in [0.5, 0.6) is 0 Å². The number of hydrogen-bond acceptors (Lipinski definition) is 6. The Morgan fingerprint density at radius 2 is 0.805 bits per heavy atom. The average Bonchev–Trinajstić information content (AvgIpc) is 3.39. The molecule has 9 heteroatoms. The van der Waals surface area contributed by atoms with E-state index < -0.39 is 26.6 Å². The van der Waals surface area contributed by atoms with Crippen LogP contribution >= 0.6 is 7.82 Å². The molecule has 0 radical (unpaired) electrons. The molecule has 3 unspecified atom stereocenters. The molecule has 2 N–H and O–H groups in total. The fraction of sp³-hybridized carbons (Fsp3) is 0.691. The van der Waals surface area contributed by atoms with Crippen LogP contribution in [0, 0.1) is 0 Å². The molecule has 0 saturated heterocycles. The molecular weight excluding hydrogens is 972 g/mol. The molecule has 77 heavy (non-hydrogen) atoms. The van der Waals surface area contributed by atoms with E-state index in [-0.39, 0.29) is 12.5 Å². The molecule has 0 aromatic rings. The van der Waals surface area contributed by atoms with Crippen molar-refractivity contribution in [3.05, 3.63) is 122 Å². The number of carbonyl (C=O) groups is 1. The van der Waals surface area contributed by atoms with Gasteiger partial charge in [0, 0.05) is 6.42 Å². The third-order valence-corrected chi connectivity index (χ3v) is 14.3. The van der Waals surface area contributed by atoms with Crippen LogP contribution in [-0.2, 0) is 18.4 Å². The summed E-state index contributed by atoms with van der Waals surface area (Å²) in [6.45, 7) is 4.49. The summed E-state index contributed by atoms with van der Waals surface area (Å²) in [7, 11) is 1.20. The second-order valence-electron chi connectivity index (χ2n) is 22.0. The molecule has 0 aromatic heterocycles. The lowest BCUT2D eigenvalue weighted by Crippen LogP contribution is -2.45. The van der Waals surface area contributed by atoms with E-state index in [1.54, 1.807) is 6.08 Å². The number of carbonyl (C=O) groups excluding carboxylic acids is 1. The number of phosphoric acid groups is 1. The molecule has 0 spiro atoms. The Labute approximate surface area is 475 Å². The van der Waals surface area contributed by atoms with Gasteiger partial charge >= 0.3 is 0 Å². The van der Waals surface area contributed by atoms with Gasteiger partial charge in [-0.1, -0.05) is 264 Å². The standard InChI is InChI=1S/C68H119N2O6P/c1-6-8-10-12-14-16-18-20-22-24-26-28-30-32-34-36-37-39-41-43-45-47-49-51-53-55-57-59-61-67(71)66(65-76-77(73,74)75-64-63-70(3,4)5)69-68(72)62-60-58-56-54-52-50-48-46-44-42-40-38-35-33-31-29-27-25-23-21-19-17-15-13-11-9-7-2/h9,11,15,17,21,23,27,29,33,35,40,42-43,45-46,48,51,53,59,61,66-67,71H,6-8,10,12-14,16,18-20,22,24-26,28,30-32,34,36-39,41,44,47,49-50,52,54-58,60,62-65H2,1-5H3,(H-,69,72,73,74)/b11-9-,17-15-,23-21-,29-27-,35-33-,42-40-,45-43+,48-46-,53-51+,61-59+. The molecule has 0 aliphatic rings. The highest BCUT2D eigenvalue weighted by atomic mass is 31.2. The van der Waals surface area contributed by atoms with Crippen LogP contribution < -0.4 is 10.2 Å². The Balaban J connectivity index is 4.32. The Kier molecular flexibility index (Phi) is 55.3. The third-order valence-electron chi connectivity index (χ3n) is 13.4. The SMILES string of the molecule is CC/C=C\C/C=C\C/C=C\C/C=C\C/C=C\C/C=C\C/C=C\CCCCCCCC(=O)NC(COP(=O)([O-])OCC[N+](C)(C)C)C(O)/C=C/CC/C=C/CC/C=C/CCCCCCCCCCCCCCCCCCCC. The van der Waals surface area contributed by atoms with Crippen molar-refractivity contribution in [2.45, 2.75) is 264 Å². The van der Waals surface area contributed by atoms with Crippen LogP contribution in [-0.4, -0.2) is 68.5 Å². The monoisotopic (exact) mass is 1090 g/mol. The minimum absolute atomic E-state index is 0.0200. The number of likely N-dealkylation sites (N-methyl/N-ethyl adjacent to an activating group) is 1. The number of nitrogens with one attached hydrogen (secondary N) is 1. The molecule has 0 bridgehead atoms. The van der Waals surface area contributed by atoms with Crippen molar-refractivity contribution < 1.29 is 32.9 Å². The van der Waals surface area contributed by atoms with Crippen molar-refractivity contribution in [3.8, 4) is 0 Å². The van der Waals surface area contributed by atoms with Crippen molar-refractivity contribution in [2.75, 3.05) is 40.9 Å². The molecule has 0 aliphatic carbocycles. The zero-order chi connectivity index (χ0) is 56.3. The first kappa shape index (κ1) is 73.9. The summed E-state index contributed by atoms with van der Waals surface area (Å²) in [5.41, 5.74) is 0. The predicted octanol–water partition coefficient (Wildman–Crippen LogP) is 19.1. The number of nitrogens with zero attached hydrogens (tertiary/aromatic N) is 1. The van der Waals surface area contributed by atoms with Gasteiger partial charge in [-0.25, -0.2) is 0 Å². The van der Waals surface area contributed by atoms with Gasteiger partial charge in [-0.2, -0.15) is 0 Å². The highest BCUT2D eigenvalue weighted by molar-refractivity contribution is 7.45. The molecule has 0 heterocycles. The number of aliphatic hydroxyl groups excluding tert-OH is 1. The maximum absolute atomic E-state index is 13.0. The quantitative estimate of drug-likeness (QED) is 0.0272. The van der Waals surface area contributed by atoms with Gasteiger partial charge in [0.2, 0.25) is 5.91 Å². The molecule has 0 aromatic carbocycles. The summed E-state index contributed by atoms with van der Waals surface area (Å²) in [5, 5.41) is 13.9. The number of amides is 1. The minimum Gasteiger partial charge on any atom is -0.756 e. The smallest absolute Gasteiger partial charge is 0.268 e. The first-order valence-corrected chi connectivity index (χ1v) is 32.9. The maximum Gasteiger partial charge on any atom is 0.268 e. The second-order valence-corrected chi connectivity index (χ2v) is 23.4. The van der Waals surface area contributed by atoms with Crippen molar-refractivity contribution >= 4 is 13.7 Å². The van der Waals surface area contributed by atoms with Gasteiger partial charge in [-0.15, -0.1) is 0 Å². The number of rotatable bonds is 56. The van der Waals surface area contributed by atoms with Crippen LogP contribution in [0.1, 0.15) is 251 Å². The largest absolute Gasteiger partial charge is 0.756 e. The Morgan fingerprint density at radius 1 is 0.468 bits per heavy atom. The fourth-order valence-electron chi connectivity index (χ4n) is 8.52. The number of aliphatic hydroxyl groups is 1. The van der Waals surface area contributed by atoms with Crippen LogP contribution in [0.25, 0.3) is 0 Å². The minimum atomic E-state index is -4.63. The van der Waals surface area contributed by atoms with Crippen LogP contribution in [0.2, 0.25) is 0 Å². The number of quaternary nitrogens is 1. The van der Waals surface area contributed by atoms with E-state index >= 15 is 0 Å². The normalized spacial score (nSPS) is 14.6. The average molecular weight is 1090 g/mol. The van der Waals surface area contributed by atoms with Gasteiger partial charge in [-0.05, 0) is 103 Å². The summed E-state index contributed by atoms with van der Waals surface area (Å²) < 4.78 is 23.4. The molecule has 0 fully saturated rings. The van der Waals surface area contributed by atoms with E-state index in [1.165, 1.54) is 122 Å². The van der Waals surface area contributed by atoms with Gasteiger partial charge in [0.15, 0.2) is 0 Å². The molecule has 0 saturated carbocycles. The van der Waals surface area contributed by atoms with Crippen molar-refractivity contribution in [1.82, 2.24) is 5.32 Å². The Hall–Kier alpha value is -3.10. The third kappa shape index (κ3) is 60.4. The molecular formula is C68H119N2O6P. The summed E-state index contributed by atoms with van der Waals surface area (Å²) in [6.07, 6.45) is 85.8. The van der Waals surface area contributed by atoms with Crippen LogP contribution in [0.3, 0.4) is 0 Å². The predicted molar refractivity (Wildman–Crippen MR) is 334 cm³/mol. The molecule has 0 rings (SSSR count). The lowest BCUT2D eigenvalue weighted by Gasteiger charge is -2.29. The fourth-order valence-corrected chi connectivity index (χ4v) is 9.24. The Morgan fingerprint density at radius 3 is 1.21 bits per heavy atom. The second kappa shape index (κ2) is 57.6. The Bertz CT molecular complexity index is 1670. The number of phosphoric ester groups is 1. The first-order chi connectivity index (χ1) is 37.5. The first-order valence-electron chi connectivity index (χ1n) is 31.4. The summed E-state index contributed by atoms with van der Waals surface area (Å²) in [6, 6.07) is -0.932. The zero-order valence-electron chi connectivity index (χ0n) is 50.4. The van der Waals surface area contributed by atoms with E-state index in [4.69, 9.17) is 9.05 Å². The van der Waals surface area contributed by atoms with Crippen molar-refractivity contribution in [3.63, 3.8) is 0 Å². The van der Waals surface area contributed by atoms with E-state index in [0.717, 1.165) is 109 Å². The van der Waals surface area contributed by atoms with Gasteiger partial charge in [0.05, 0.1) is 39.9 Å². The van der Waals surface area contributed by atoms with Crippen LogP contribution in [0.15, 0.2) is 122 Å². The zero-order valence-corrected chi connectivity index (χ0v) is 51.3. The van der Waals surface area contributed by atoms with Gasteiger partial charge in [0.25, 0.3) is 7.82 Å². The van der Waals surface area contributed by atoms with E-state index in [1.807, 2.05) is 27.2 Å². The summed E-state index contributed by atoms with van der Waals surface area (Å²) in [4.78, 5) is 25.5. The van der Waals surface area contributed by atoms with Gasteiger partial charge in [-0.3, -0.25) is 9.36 Å². The van der Waals surface area contributed by atoms with Crippen molar-refractivity contribution in [2.24, 2.45) is 0 Å². The van der Waals surface area contributed by atoms with Gasteiger partial charge in [0.1, 0.15) is 13.2 Å². The van der Waals surface area contributed by atoms with Gasteiger partial charge < -0.3 is 28.8 Å². The van der Waals surface area contributed by atoms with Crippen LogP contribution in [0.4, 0.5) is 0 Å². The number of hydrogen-bond donors (Lipinski definition) is 2. The summed E-state index contributed by atoms with van der Waals surface area (Å²) >= 11 is 0. The molecule has 0 aliphatic heterocycles. The molecule has 1 amide bonds. The number of unbranched alkanes of at least 4 members (excludes halogenated alkanes) is 25. The number of allylic oxidation sites excluding steroid dienone is 19. The topological polar surface area (TPSA) is 108 Å². The lowest BCUT2D eigenvalue weighted by atomic mass is 10.0. The van der Waals surface area contributed by atoms with E-state index in [2.05, 4.69) is 129 Å². The molecule has 8 nitrogen and oxygen atoms in total. The van der Waals surface area contributed by atoms with E-state index in [9.17, 15) is 19.4 Å². The maximum atomic E-state index is 13.0. The molecule has 442 valence electrons. The van der Waals surface area contributed by atoms with Crippen molar-refractivity contribution in [1.29, 1.82) is 0 Å². The van der Waals surface area contributed by atoms with E-state index in [0.29, 0.717) is 17.4 Å².